The second kappa shape index (κ2) is 11.2. The van der Waals surface area contributed by atoms with E-state index in [4.69, 9.17) is 0 Å². The van der Waals surface area contributed by atoms with Crippen molar-refractivity contribution in [1.29, 1.82) is 0 Å². The molecule has 0 saturated heterocycles. The first-order valence-electron chi connectivity index (χ1n) is 11.9. The average molecular weight is 523 g/mol. The number of amides is 2. The Morgan fingerprint density at radius 2 is 1.45 bits per heavy atom. The van der Waals surface area contributed by atoms with Crippen molar-refractivity contribution in [3.8, 4) is 11.1 Å². The van der Waals surface area contributed by atoms with Crippen molar-refractivity contribution in [2.75, 3.05) is 10.6 Å². The minimum absolute atomic E-state index is 0.0169. The Morgan fingerprint density at radius 1 is 0.842 bits per heavy atom. The van der Waals surface area contributed by atoms with E-state index in [1.165, 1.54) is 60.7 Å². The van der Waals surface area contributed by atoms with Crippen LogP contribution in [0.5, 0.6) is 0 Å². The van der Waals surface area contributed by atoms with E-state index < -0.39 is 35.8 Å². The number of nitrogens with one attached hydrogen (secondary N) is 2. The van der Waals surface area contributed by atoms with Crippen molar-refractivity contribution < 1.29 is 38.2 Å². The van der Waals surface area contributed by atoms with Crippen LogP contribution in [0.4, 0.5) is 20.2 Å². The molecule has 4 N–H and O–H groups in total. The quantitative estimate of drug-likeness (QED) is 0.379. The van der Waals surface area contributed by atoms with E-state index in [-0.39, 0.29) is 53.2 Å². The number of carboxylic acids is 2. The molecule has 8 nitrogen and oxygen atoms in total. The molecule has 2 aromatic carbocycles. The summed E-state index contributed by atoms with van der Waals surface area (Å²) >= 11 is 0. The van der Waals surface area contributed by atoms with E-state index in [1.54, 1.807) is 0 Å². The number of alkyl halides is 1. The van der Waals surface area contributed by atoms with Crippen molar-refractivity contribution >= 4 is 35.1 Å². The number of aromatic carboxylic acids is 2. The van der Waals surface area contributed by atoms with E-state index in [9.17, 15) is 38.2 Å². The topological polar surface area (TPSA) is 133 Å². The average Bonchev–Trinajstić information content (AvgIpc) is 2.89. The van der Waals surface area contributed by atoms with Gasteiger partial charge in [0.1, 0.15) is 6.17 Å². The molecule has 0 spiro atoms. The van der Waals surface area contributed by atoms with Crippen molar-refractivity contribution in [2.45, 2.75) is 31.9 Å². The van der Waals surface area contributed by atoms with Crippen LogP contribution in [0.2, 0.25) is 0 Å². The molecule has 0 fully saturated rings. The lowest BCUT2D eigenvalue weighted by molar-refractivity contribution is -0.120. The molecule has 2 aliphatic carbocycles. The van der Waals surface area contributed by atoms with Crippen LogP contribution >= 0.6 is 0 Å². The van der Waals surface area contributed by atoms with Gasteiger partial charge in [-0.15, -0.1) is 0 Å². The zero-order valence-electron chi connectivity index (χ0n) is 20.0. The number of benzene rings is 2. The molecular formula is C28H24F2N2O6. The number of anilines is 2. The lowest BCUT2D eigenvalue weighted by atomic mass is 9.92. The minimum atomic E-state index is -1.32. The van der Waals surface area contributed by atoms with Gasteiger partial charge in [0.15, 0.2) is 0 Å². The van der Waals surface area contributed by atoms with E-state index >= 15 is 0 Å². The number of hydrogen-bond donors (Lipinski definition) is 4. The van der Waals surface area contributed by atoms with Crippen LogP contribution < -0.4 is 10.6 Å². The summed E-state index contributed by atoms with van der Waals surface area (Å²) in [5.74, 6) is -4.37. The summed E-state index contributed by atoms with van der Waals surface area (Å²) in [5, 5.41) is 24.6. The SMILES string of the molecule is O=C(Nc1ccc(-c2ccc(NC(=O)C3CC=C(F)CC3)c(C(=O)O)c2)cc1C(=O)O)C1=CCC(F)C=C1. The highest BCUT2D eigenvalue weighted by Gasteiger charge is 2.24. The molecule has 2 aromatic rings. The Bertz CT molecular complexity index is 1410. The number of hydrogen-bond acceptors (Lipinski definition) is 4. The van der Waals surface area contributed by atoms with Gasteiger partial charge in [0.2, 0.25) is 5.91 Å². The van der Waals surface area contributed by atoms with Gasteiger partial charge in [0.25, 0.3) is 5.91 Å². The van der Waals surface area contributed by atoms with Crippen LogP contribution in [-0.2, 0) is 9.59 Å². The Morgan fingerprint density at radius 3 is 1.95 bits per heavy atom. The molecule has 0 radical (unpaired) electrons. The molecule has 2 amide bonds. The van der Waals surface area contributed by atoms with E-state index in [0.29, 0.717) is 17.5 Å². The van der Waals surface area contributed by atoms with Crippen LogP contribution in [0, 0.1) is 5.92 Å². The van der Waals surface area contributed by atoms with Gasteiger partial charge in [-0.05, 0) is 60.7 Å². The summed E-state index contributed by atoms with van der Waals surface area (Å²) in [5.41, 5.74) is 0.589. The highest BCUT2D eigenvalue weighted by Crippen LogP contribution is 2.31. The molecule has 0 bridgehead atoms. The molecule has 196 valence electrons. The highest BCUT2D eigenvalue weighted by atomic mass is 19.1. The molecule has 10 heteroatoms. The largest absolute Gasteiger partial charge is 0.478 e. The van der Waals surface area contributed by atoms with Gasteiger partial charge in [-0.25, -0.2) is 18.4 Å². The van der Waals surface area contributed by atoms with E-state index in [2.05, 4.69) is 10.6 Å². The number of carbonyl (C=O) groups is 4. The van der Waals surface area contributed by atoms with Gasteiger partial charge < -0.3 is 20.8 Å². The van der Waals surface area contributed by atoms with Crippen molar-refractivity contribution in [2.24, 2.45) is 5.92 Å². The molecule has 2 aliphatic rings. The first-order chi connectivity index (χ1) is 18.1. The maximum absolute atomic E-state index is 13.3. The smallest absolute Gasteiger partial charge is 0.337 e. The van der Waals surface area contributed by atoms with Crippen LogP contribution in [0.1, 0.15) is 46.4 Å². The Kier molecular flexibility index (Phi) is 7.80. The Balaban J connectivity index is 1.58. The monoisotopic (exact) mass is 522 g/mol. The van der Waals surface area contributed by atoms with Gasteiger partial charge in [0, 0.05) is 17.9 Å². The number of halogens is 2. The molecule has 0 saturated carbocycles. The fraction of sp³-hybridized carbons (Fsp3) is 0.214. The Labute approximate surface area is 216 Å². The van der Waals surface area contributed by atoms with Crippen LogP contribution in [0.15, 0.2) is 72.1 Å². The normalized spacial score (nSPS) is 18.7. The van der Waals surface area contributed by atoms with Gasteiger partial charge in [0.05, 0.1) is 28.3 Å². The molecule has 4 rings (SSSR count). The molecular weight excluding hydrogens is 498 g/mol. The van der Waals surface area contributed by atoms with Gasteiger partial charge >= 0.3 is 11.9 Å². The number of allylic oxidation sites excluding steroid dienone is 4. The maximum atomic E-state index is 13.3. The third kappa shape index (κ3) is 6.03. The second-order valence-electron chi connectivity index (χ2n) is 8.97. The number of carbonyl (C=O) groups excluding carboxylic acids is 2. The first kappa shape index (κ1) is 26.5. The maximum Gasteiger partial charge on any atom is 0.337 e. The summed E-state index contributed by atoms with van der Waals surface area (Å²) in [6, 6.07) is 8.45. The second-order valence-corrected chi connectivity index (χ2v) is 8.97. The minimum Gasteiger partial charge on any atom is -0.478 e. The fourth-order valence-corrected chi connectivity index (χ4v) is 4.25. The van der Waals surface area contributed by atoms with Crippen LogP contribution in [-0.4, -0.2) is 40.1 Å². The predicted molar refractivity (Wildman–Crippen MR) is 136 cm³/mol. The lowest BCUT2D eigenvalue weighted by Gasteiger charge is -2.19. The molecule has 38 heavy (non-hydrogen) atoms. The zero-order valence-corrected chi connectivity index (χ0v) is 20.0. The van der Waals surface area contributed by atoms with Crippen molar-refractivity contribution in [1.82, 2.24) is 0 Å². The first-order valence-corrected chi connectivity index (χ1v) is 11.9. The summed E-state index contributed by atoms with van der Waals surface area (Å²) in [6.45, 7) is 0. The molecule has 2 unspecified atom stereocenters. The van der Waals surface area contributed by atoms with Crippen molar-refractivity contribution in [3.05, 3.63) is 83.2 Å². The predicted octanol–water partition coefficient (Wildman–Crippen LogP) is 5.50. The summed E-state index contributed by atoms with van der Waals surface area (Å²) in [6.07, 6.45) is 4.91. The molecule has 0 aromatic heterocycles. The van der Waals surface area contributed by atoms with Gasteiger partial charge in [-0.3, -0.25) is 9.59 Å². The van der Waals surface area contributed by atoms with Gasteiger partial charge in [-0.2, -0.15) is 0 Å². The van der Waals surface area contributed by atoms with Crippen molar-refractivity contribution in [3.63, 3.8) is 0 Å². The molecule has 0 aliphatic heterocycles. The standard InChI is InChI=1S/C28H24F2N2O6/c29-19-7-1-15(2-8-19)25(33)31-23-11-5-17(13-21(23)27(35)36)18-6-12-24(22(14-18)28(37)38)32-26(34)16-3-9-20(30)10-4-16/h1-2,5-7,9,11-14,16,19H,3-4,8,10H2,(H,31,33)(H,32,34)(H,35,36)(H,37,38). The molecule has 2 atom stereocenters. The lowest BCUT2D eigenvalue weighted by Crippen LogP contribution is -2.25. The number of rotatable bonds is 7. The highest BCUT2D eigenvalue weighted by molar-refractivity contribution is 6.09. The van der Waals surface area contributed by atoms with E-state index in [1.807, 2.05) is 0 Å². The summed E-state index contributed by atoms with van der Waals surface area (Å²) in [7, 11) is 0. The third-order valence-corrected chi connectivity index (χ3v) is 6.38. The third-order valence-electron chi connectivity index (χ3n) is 6.38. The summed E-state index contributed by atoms with van der Waals surface area (Å²) < 4.78 is 26.5. The van der Waals surface area contributed by atoms with Gasteiger partial charge in [-0.1, -0.05) is 30.4 Å². The fourth-order valence-electron chi connectivity index (χ4n) is 4.25. The van der Waals surface area contributed by atoms with E-state index in [0.717, 1.165) is 0 Å². The number of carboxylic acid groups (broad SMARTS) is 2. The Hall–Kier alpha value is -4.60. The zero-order chi connectivity index (χ0) is 27.4. The van der Waals surface area contributed by atoms with Crippen LogP contribution in [0.3, 0.4) is 0 Å². The van der Waals surface area contributed by atoms with Crippen LogP contribution in [0.25, 0.3) is 11.1 Å². The molecule has 0 heterocycles. The summed E-state index contributed by atoms with van der Waals surface area (Å²) in [4.78, 5) is 49.0.